The fourth-order valence-electron chi connectivity index (χ4n) is 0.923. The number of anilines is 1. The minimum absolute atomic E-state index is 0.370. The molecule has 1 N–H and O–H groups in total. The van der Waals surface area contributed by atoms with Crippen LogP contribution in [0.4, 0.5) is 5.95 Å². The molecule has 0 unspecified atom stereocenters. The van der Waals surface area contributed by atoms with Gasteiger partial charge in [0, 0.05) is 26.5 Å². The number of hydrogen-bond donors (Lipinski definition) is 1. The Kier molecular flexibility index (Phi) is 4.38. The quantitative estimate of drug-likeness (QED) is 0.698. The monoisotopic (exact) mass is 192 g/mol. The summed E-state index contributed by atoms with van der Waals surface area (Å²) >= 11 is 0. The number of methoxy groups -OCH3 is 1. The van der Waals surface area contributed by atoms with Gasteiger partial charge in [0.25, 0.3) is 0 Å². The van der Waals surface area contributed by atoms with Crippen molar-refractivity contribution in [2.24, 2.45) is 0 Å². The highest BCUT2D eigenvalue weighted by atomic mass is 16.5. The van der Waals surface area contributed by atoms with E-state index in [1.54, 1.807) is 19.4 Å². The number of ether oxygens (including phenoxy) is 1. The normalized spacial score (nSPS) is 9.43. The molecule has 0 aromatic carbocycles. The molecule has 0 aliphatic rings. The van der Waals surface area contributed by atoms with Gasteiger partial charge in [0.2, 0.25) is 5.95 Å². The number of nitriles is 1. The van der Waals surface area contributed by atoms with Crippen LogP contribution in [0.3, 0.4) is 0 Å². The van der Waals surface area contributed by atoms with Gasteiger partial charge in [0.1, 0.15) is 11.8 Å². The Morgan fingerprint density at radius 2 is 2.50 bits per heavy atom. The highest BCUT2D eigenvalue weighted by Gasteiger charge is 1.96. The van der Waals surface area contributed by atoms with Gasteiger partial charge in [-0.2, -0.15) is 5.26 Å². The van der Waals surface area contributed by atoms with Gasteiger partial charge in [-0.3, -0.25) is 0 Å². The van der Waals surface area contributed by atoms with E-state index < -0.39 is 0 Å². The Morgan fingerprint density at radius 3 is 3.21 bits per heavy atom. The van der Waals surface area contributed by atoms with E-state index in [4.69, 9.17) is 10.00 Å². The van der Waals surface area contributed by atoms with E-state index in [1.807, 2.05) is 6.07 Å². The Hall–Kier alpha value is -1.67. The standard InChI is InChI=1S/C9H12N4O/c1-14-6-2-4-11-9-12-5-3-8(7-10)13-9/h3,5H,2,4,6H2,1H3,(H,11,12,13). The van der Waals surface area contributed by atoms with E-state index in [1.165, 1.54) is 0 Å². The average molecular weight is 192 g/mol. The van der Waals surface area contributed by atoms with Crippen LogP contribution in [-0.4, -0.2) is 30.2 Å². The van der Waals surface area contributed by atoms with Crippen LogP contribution in [0, 0.1) is 11.3 Å². The summed E-state index contributed by atoms with van der Waals surface area (Å²) < 4.78 is 4.89. The summed E-state index contributed by atoms with van der Waals surface area (Å²) in [5, 5.41) is 11.6. The molecule has 1 aromatic rings. The summed E-state index contributed by atoms with van der Waals surface area (Å²) in [4.78, 5) is 7.94. The maximum atomic E-state index is 8.58. The van der Waals surface area contributed by atoms with E-state index >= 15 is 0 Å². The van der Waals surface area contributed by atoms with Crippen LogP contribution in [0.2, 0.25) is 0 Å². The number of aromatic nitrogens is 2. The first-order valence-corrected chi connectivity index (χ1v) is 4.33. The fourth-order valence-corrected chi connectivity index (χ4v) is 0.923. The smallest absolute Gasteiger partial charge is 0.223 e. The zero-order chi connectivity index (χ0) is 10.2. The topological polar surface area (TPSA) is 70.8 Å². The van der Waals surface area contributed by atoms with E-state index in [9.17, 15) is 0 Å². The maximum Gasteiger partial charge on any atom is 0.223 e. The molecule has 74 valence electrons. The number of rotatable bonds is 5. The van der Waals surface area contributed by atoms with Gasteiger partial charge in [-0.05, 0) is 12.5 Å². The highest BCUT2D eigenvalue weighted by molar-refractivity contribution is 5.29. The van der Waals surface area contributed by atoms with Gasteiger partial charge >= 0.3 is 0 Å². The van der Waals surface area contributed by atoms with Crippen LogP contribution < -0.4 is 5.32 Å². The highest BCUT2D eigenvalue weighted by Crippen LogP contribution is 1.98. The number of nitrogens with zero attached hydrogens (tertiary/aromatic N) is 3. The average Bonchev–Trinajstić information content (AvgIpc) is 2.25. The van der Waals surface area contributed by atoms with Gasteiger partial charge in [0.05, 0.1) is 0 Å². The summed E-state index contributed by atoms with van der Waals surface area (Å²) in [6.45, 7) is 1.44. The second kappa shape index (κ2) is 5.89. The summed E-state index contributed by atoms with van der Waals surface area (Å²) in [5.41, 5.74) is 0.370. The van der Waals surface area contributed by atoms with Gasteiger partial charge in [-0.25, -0.2) is 9.97 Å². The predicted molar refractivity (Wildman–Crippen MR) is 51.7 cm³/mol. The predicted octanol–water partition coefficient (Wildman–Crippen LogP) is 0.797. The Labute approximate surface area is 82.8 Å². The van der Waals surface area contributed by atoms with Crippen LogP contribution in [0.5, 0.6) is 0 Å². The molecule has 1 aromatic heterocycles. The molecule has 5 nitrogen and oxygen atoms in total. The Bertz CT molecular complexity index is 321. The third-order valence-electron chi connectivity index (χ3n) is 1.58. The van der Waals surface area contributed by atoms with Gasteiger partial charge in [-0.15, -0.1) is 0 Å². The van der Waals surface area contributed by atoms with E-state index in [-0.39, 0.29) is 0 Å². The van der Waals surface area contributed by atoms with Crippen LogP contribution in [0.25, 0.3) is 0 Å². The van der Waals surface area contributed by atoms with Crippen molar-refractivity contribution in [3.8, 4) is 6.07 Å². The Balaban J connectivity index is 2.39. The molecular formula is C9H12N4O. The van der Waals surface area contributed by atoms with Crippen LogP contribution in [0.1, 0.15) is 12.1 Å². The number of hydrogen-bond acceptors (Lipinski definition) is 5. The van der Waals surface area contributed by atoms with E-state index in [0.717, 1.165) is 13.0 Å². The molecule has 14 heavy (non-hydrogen) atoms. The minimum atomic E-state index is 0.370. The second-order valence-corrected chi connectivity index (χ2v) is 2.65. The molecule has 0 aliphatic carbocycles. The molecule has 5 heteroatoms. The van der Waals surface area contributed by atoms with Crippen LogP contribution >= 0.6 is 0 Å². The second-order valence-electron chi connectivity index (χ2n) is 2.65. The largest absolute Gasteiger partial charge is 0.385 e. The molecule has 0 atom stereocenters. The lowest BCUT2D eigenvalue weighted by Gasteiger charge is -2.03. The third kappa shape index (κ3) is 3.37. The van der Waals surface area contributed by atoms with Crippen molar-refractivity contribution >= 4 is 5.95 Å². The zero-order valence-electron chi connectivity index (χ0n) is 8.03. The molecule has 0 aliphatic heterocycles. The third-order valence-corrected chi connectivity index (χ3v) is 1.58. The Morgan fingerprint density at radius 1 is 1.64 bits per heavy atom. The van der Waals surface area contributed by atoms with Crippen molar-refractivity contribution in [1.29, 1.82) is 5.26 Å². The van der Waals surface area contributed by atoms with Gasteiger partial charge < -0.3 is 10.1 Å². The summed E-state index contributed by atoms with van der Waals surface area (Å²) in [5.74, 6) is 0.486. The summed E-state index contributed by atoms with van der Waals surface area (Å²) in [6.07, 6.45) is 2.45. The molecular weight excluding hydrogens is 180 g/mol. The molecule has 0 radical (unpaired) electrons. The van der Waals surface area contributed by atoms with E-state index in [0.29, 0.717) is 18.2 Å². The molecule has 0 bridgehead atoms. The van der Waals surface area contributed by atoms with Crippen molar-refractivity contribution in [2.45, 2.75) is 6.42 Å². The first kappa shape index (κ1) is 10.4. The molecule has 1 rings (SSSR count). The van der Waals surface area contributed by atoms with Crippen LogP contribution in [-0.2, 0) is 4.74 Å². The maximum absolute atomic E-state index is 8.58. The van der Waals surface area contributed by atoms with Gasteiger partial charge in [0.15, 0.2) is 0 Å². The number of nitrogens with one attached hydrogen (secondary N) is 1. The summed E-state index contributed by atoms with van der Waals surface area (Å²) in [6, 6.07) is 3.52. The van der Waals surface area contributed by atoms with Crippen molar-refractivity contribution in [3.05, 3.63) is 18.0 Å². The van der Waals surface area contributed by atoms with Crippen molar-refractivity contribution in [3.63, 3.8) is 0 Å². The van der Waals surface area contributed by atoms with Crippen molar-refractivity contribution < 1.29 is 4.74 Å². The van der Waals surface area contributed by atoms with Crippen molar-refractivity contribution in [2.75, 3.05) is 25.6 Å². The first-order valence-electron chi connectivity index (χ1n) is 4.33. The van der Waals surface area contributed by atoms with Crippen LogP contribution in [0.15, 0.2) is 12.3 Å². The SMILES string of the molecule is COCCCNc1nccc(C#N)n1. The molecule has 0 fully saturated rings. The lowest BCUT2D eigenvalue weighted by molar-refractivity contribution is 0.197. The van der Waals surface area contributed by atoms with Gasteiger partial charge in [-0.1, -0.05) is 0 Å². The summed E-state index contributed by atoms with van der Waals surface area (Å²) in [7, 11) is 1.66. The zero-order valence-corrected chi connectivity index (χ0v) is 8.03. The fraction of sp³-hybridized carbons (Fsp3) is 0.444. The lowest BCUT2D eigenvalue weighted by Crippen LogP contribution is -2.07. The van der Waals surface area contributed by atoms with Crippen molar-refractivity contribution in [1.82, 2.24) is 9.97 Å². The van der Waals surface area contributed by atoms with E-state index in [2.05, 4.69) is 15.3 Å². The molecule has 0 spiro atoms. The first-order chi connectivity index (χ1) is 6.86. The minimum Gasteiger partial charge on any atom is -0.385 e. The lowest BCUT2D eigenvalue weighted by atomic mass is 10.4. The molecule has 1 heterocycles. The molecule has 0 saturated carbocycles. The molecule has 0 saturated heterocycles. The molecule has 0 amide bonds.